The average molecular weight is 376 g/mol. The quantitative estimate of drug-likeness (QED) is 0.467. The molecule has 0 aliphatic heterocycles. The van der Waals surface area contributed by atoms with Crippen LogP contribution in [0.2, 0.25) is 0 Å². The van der Waals surface area contributed by atoms with E-state index in [-0.39, 0.29) is 34.5 Å². The summed E-state index contributed by atoms with van der Waals surface area (Å²) in [6.07, 6.45) is 4.55. The Labute approximate surface area is 154 Å². The van der Waals surface area contributed by atoms with Crippen LogP contribution >= 0.6 is 11.8 Å². The Morgan fingerprint density at radius 2 is 2.19 bits per heavy atom. The topological polar surface area (TPSA) is 111 Å². The number of hydrogen-bond acceptors (Lipinski definition) is 7. The number of amides is 1. The first kappa shape index (κ1) is 18.4. The minimum Gasteiger partial charge on any atom is -0.411 e. The average Bonchev–Trinajstić information content (AvgIpc) is 3.11. The van der Waals surface area contributed by atoms with Gasteiger partial charge in [-0.2, -0.15) is 0 Å². The van der Waals surface area contributed by atoms with Gasteiger partial charge >= 0.3 is 0 Å². The lowest BCUT2D eigenvalue weighted by molar-refractivity contribution is -0.384. The Bertz CT molecular complexity index is 795. The van der Waals surface area contributed by atoms with E-state index < -0.39 is 4.92 Å². The number of non-ortho nitro benzene ring substituents is 1. The highest BCUT2D eigenvalue weighted by molar-refractivity contribution is 7.99. The van der Waals surface area contributed by atoms with Gasteiger partial charge in [-0.15, -0.1) is 10.2 Å². The van der Waals surface area contributed by atoms with Crippen molar-refractivity contribution in [2.75, 3.05) is 5.75 Å². The summed E-state index contributed by atoms with van der Waals surface area (Å²) in [5.74, 6) is 0.836. The maximum Gasteiger partial charge on any atom is 0.277 e. The van der Waals surface area contributed by atoms with Crippen LogP contribution in [0.1, 0.15) is 32.6 Å². The van der Waals surface area contributed by atoms with Crippen LogP contribution < -0.4 is 5.32 Å². The zero-order valence-corrected chi connectivity index (χ0v) is 15.2. The van der Waals surface area contributed by atoms with E-state index in [1.165, 1.54) is 18.6 Å². The van der Waals surface area contributed by atoms with E-state index in [0.717, 1.165) is 31.0 Å². The lowest BCUT2D eigenvalue weighted by Crippen LogP contribution is -2.41. The van der Waals surface area contributed by atoms with Gasteiger partial charge in [-0.3, -0.25) is 14.9 Å². The molecule has 1 aliphatic carbocycles. The number of aromatic nitrogens is 2. The van der Waals surface area contributed by atoms with Gasteiger partial charge in [0.15, 0.2) is 0 Å². The molecule has 1 saturated carbocycles. The van der Waals surface area contributed by atoms with Crippen LogP contribution in [0.25, 0.3) is 11.5 Å². The lowest BCUT2D eigenvalue weighted by atomic mass is 9.86. The molecule has 1 aromatic carbocycles. The van der Waals surface area contributed by atoms with Crippen molar-refractivity contribution >= 4 is 23.4 Å². The second-order valence-corrected chi connectivity index (χ2v) is 7.33. The third-order valence-electron chi connectivity index (χ3n) is 4.49. The number of rotatable bonds is 6. The molecule has 2 aromatic rings. The van der Waals surface area contributed by atoms with Crippen LogP contribution in [0.5, 0.6) is 0 Å². The molecule has 1 aromatic heterocycles. The molecule has 0 radical (unpaired) electrons. The number of nitro groups is 1. The molecular formula is C17H20N4O4S. The molecule has 3 rings (SSSR count). The van der Waals surface area contributed by atoms with Gasteiger partial charge in [0.05, 0.1) is 10.7 Å². The van der Waals surface area contributed by atoms with E-state index in [2.05, 4.69) is 22.4 Å². The summed E-state index contributed by atoms with van der Waals surface area (Å²) in [7, 11) is 0. The number of benzene rings is 1. The molecule has 1 aliphatic rings. The van der Waals surface area contributed by atoms with Crippen LogP contribution in [-0.2, 0) is 4.79 Å². The Morgan fingerprint density at radius 1 is 1.38 bits per heavy atom. The van der Waals surface area contributed by atoms with E-state index in [4.69, 9.17) is 4.42 Å². The fourth-order valence-corrected chi connectivity index (χ4v) is 3.62. The number of carbonyl (C=O) groups is 1. The zero-order chi connectivity index (χ0) is 18.5. The van der Waals surface area contributed by atoms with E-state index >= 15 is 0 Å². The van der Waals surface area contributed by atoms with E-state index in [0.29, 0.717) is 11.5 Å². The number of carbonyl (C=O) groups excluding carboxylic acids is 1. The predicted octanol–water partition coefficient (Wildman–Crippen LogP) is 3.43. The summed E-state index contributed by atoms with van der Waals surface area (Å²) in [4.78, 5) is 22.5. The van der Waals surface area contributed by atoms with Gasteiger partial charge < -0.3 is 9.73 Å². The molecule has 9 heteroatoms. The SMILES string of the molecule is C[C@H]1CCCC[C@@H]1NC(=O)CSc1nnc(-c2cccc([N+](=O)[O-])c2)o1. The second-order valence-electron chi connectivity index (χ2n) is 6.40. The largest absolute Gasteiger partial charge is 0.411 e. The van der Waals surface area contributed by atoms with E-state index in [1.54, 1.807) is 12.1 Å². The maximum atomic E-state index is 12.1. The van der Waals surface area contributed by atoms with E-state index in [1.807, 2.05) is 0 Å². The van der Waals surface area contributed by atoms with Crippen molar-refractivity contribution in [3.05, 3.63) is 34.4 Å². The van der Waals surface area contributed by atoms with Gasteiger partial charge in [0.25, 0.3) is 10.9 Å². The molecule has 0 saturated heterocycles. The van der Waals surface area contributed by atoms with Crippen molar-refractivity contribution < 1.29 is 14.1 Å². The number of nitrogens with zero attached hydrogens (tertiary/aromatic N) is 3. The van der Waals surface area contributed by atoms with Crippen molar-refractivity contribution in [2.45, 2.75) is 43.9 Å². The fraction of sp³-hybridized carbons (Fsp3) is 0.471. The van der Waals surface area contributed by atoms with Crippen LogP contribution in [0.3, 0.4) is 0 Å². The molecule has 2 atom stereocenters. The molecule has 1 N–H and O–H groups in total. The van der Waals surface area contributed by atoms with Crippen LogP contribution in [0.15, 0.2) is 33.9 Å². The Kier molecular flexibility index (Phi) is 5.87. The monoisotopic (exact) mass is 376 g/mol. The molecule has 1 fully saturated rings. The van der Waals surface area contributed by atoms with Gasteiger partial charge in [0.1, 0.15) is 0 Å². The standard InChI is InChI=1S/C17H20N4O4S/c1-11-5-2-3-8-14(11)18-15(22)10-26-17-20-19-16(25-17)12-6-4-7-13(9-12)21(23)24/h4,6-7,9,11,14H,2-3,5,8,10H2,1H3,(H,18,22)/t11-,14-/m0/s1. The van der Waals surface area contributed by atoms with Gasteiger partial charge in [0, 0.05) is 23.7 Å². The summed E-state index contributed by atoms with van der Waals surface area (Å²) >= 11 is 1.16. The first-order valence-electron chi connectivity index (χ1n) is 8.53. The van der Waals surface area contributed by atoms with Crippen LogP contribution in [0.4, 0.5) is 5.69 Å². The summed E-state index contributed by atoms with van der Waals surface area (Å²) in [6, 6.07) is 6.22. The summed E-state index contributed by atoms with van der Waals surface area (Å²) < 4.78 is 5.50. The van der Waals surface area contributed by atoms with Crippen LogP contribution in [-0.4, -0.2) is 32.8 Å². The van der Waals surface area contributed by atoms with E-state index in [9.17, 15) is 14.9 Å². The minimum atomic E-state index is -0.480. The highest BCUT2D eigenvalue weighted by Crippen LogP contribution is 2.26. The highest BCUT2D eigenvalue weighted by Gasteiger charge is 2.23. The number of hydrogen-bond donors (Lipinski definition) is 1. The Balaban J connectivity index is 1.56. The molecular weight excluding hydrogens is 356 g/mol. The number of thioether (sulfide) groups is 1. The highest BCUT2D eigenvalue weighted by atomic mass is 32.2. The first-order valence-corrected chi connectivity index (χ1v) is 9.52. The number of nitrogens with one attached hydrogen (secondary N) is 1. The summed E-state index contributed by atoms with van der Waals surface area (Å²) in [6.45, 7) is 2.17. The fourth-order valence-electron chi connectivity index (χ4n) is 3.04. The van der Waals surface area contributed by atoms with Crippen molar-refractivity contribution in [2.24, 2.45) is 5.92 Å². The second kappa shape index (κ2) is 8.31. The van der Waals surface area contributed by atoms with Gasteiger partial charge in [-0.25, -0.2) is 0 Å². The molecule has 138 valence electrons. The Morgan fingerprint density at radius 3 is 2.96 bits per heavy atom. The van der Waals surface area contributed by atoms with Gasteiger partial charge in [0.2, 0.25) is 11.8 Å². The third-order valence-corrected chi connectivity index (χ3v) is 5.31. The third kappa shape index (κ3) is 4.60. The van der Waals surface area contributed by atoms with Crippen molar-refractivity contribution in [3.8, 4) is 11.5 Å². The summed E-state index contributed by atoms with van der Waals surface area (Å²) in [5, 5.41) is 22.0. The number of nitro benzene ring substituents is 1. The van der Waals surface area contributed by atoms with Gasteiger partial charge in [-0.1, -0.05) is 37.6 Å². The summed E-state index contributed by atoms with van der Waals surface area (Å²) in [5.41, 5.74) is 0.426. The smallest absolute Gasteiger partial charge is 0.277 e. The first-order chi connectivity index (χ1) is 12.5. The van der Waals surface area contributed by atoms with Crippen molar-refractivity contribution in [3.63, 3.8) is 0 Å². The molecule has 1 heterocycles. The normalized spacial score (nSPS) is 19.9. The molecule has 0 spiro atoms. The molecule has 8 nitrogen and oxygen atoms in total. The minimum absolute atomic E-state index is 0.0455. The predicted molar refractivity (Wildman–Crippen MR) is 96.7 cm³/mol. The lowest BCUT2D eigenvalue weighted by Gasteiger charge is -2.29. The van der Waals surface area contributed by atoms with Crippen molar-refractivity contribution in [1.29, 1.82) is 0 Å². The molecule has 0 bridgehead atoms. The molecule has 26 heavy (non-hydrogen) atoms. The Hall–Kier alpha value is -2.42. The maximum absolute atomic E-state index is 12.1. The van der Waals surface area contributed by atoms with Crippen molar-refractivity contribution in [1.82, 2.24) is 15.5 Å². The zero-order valence-electron chi connectivity index (χ0n) is 14.4. The molecule has 0 unspecified atom stereocenters. The van der Waals surface area contributed by atoms with Gasteiger partial charge in [-0.05, 0) is 24.8 Å². The molecule has 1 amide bonds. The van der Waals surface area contributed by atoms with Crippen LogP contribution in [0, 0.1) is 16.0 Å².